The lowest BCUT2D eigenvalue weighted by Crippen LogP contribution is -2.21. The smallest absolute Gasteiger partial charge is 0.126 e. The second-order valence-corrected chi connectivity index (χ2v) is 6.08. The normalized spacial score (nSPS) is 24.0. The summed E-state index contributed by atoms with van der Waals surface area (Å²) in [4.78, 5) is 0. The third-order valence-corrected chi connectivity index (χ3v) is 4.22. The van der Waals surface area contributed by atoms with E-state index in [9.17, 15) is 4.39 Å². The van der Waals surface area contributed by atoms with Crippen molar-refractivity contribution in [3.05, 3.63) is 28.0 Å². The Hall–Kier alpha value is -0.470. The fraction of sp³-hybridized carbons (Fsp3) is 0.571. The first-order valence-electron chi connectivity index (χ1n) is 6.44. The highest BCUT2D eigenvalue weighted by Gasteiger charge is 2.19. The van der Waals surface area contributed by atoms with Gasteiger partial charge in [-0.05, 0) is 36.8 Å². The van der Waals surface area contributed by atoms with Crippen LogP contribution in [0.5, 0.6) is 0 Å². The maximum Gasteiger partial charge on any atom is 0.126 e. The Kier molecular flexibility index (Phi) is 4.74. The molecule has 1 aromatic rings. The lowest BCUT2D eigenvalue weighted by Gasteiger charge is -2.27. The van der Waals surface area contributed by atoms with Gasteiger partial charge in [-0.1, -0.05) is 43.0 Å². The molecule has 0 spiro atoms. The van der Waals surface area contributed by atoms with Crippen LogP contribution in [0.15, 0.2) is 12.1 Å². The molecule has 0 amide bonds. The molecule has 0 aliphatic heterocycles. The first kappa shape index (κ1) is 14.0. The SMILES string of the molecule is CC1CCCC(CNc2c(Cl)cc(F)cc2Cl)C1. The zero-order valence-electron chi connectivity index (χ0n) is 10.5. The molecule has 2 atom stereocenters. The second-order valence-electron chi connectivity index (χ2n) is 5.26. The number of benzene rings is 1. The lowest BCUT2D eigenvalue weighted by molar-refractivity contribution is 0.293. The predicted molar refractivity (Wildman–Crippen MR) is 76.0 cm³/mol. The van der Waals surface area contributed by atoms with Gasteiger partial charge in [-0.25, -0.2) is 4.39 Å². The number of nitrogens with one attached hydrogen (secondary N) is 1. The monoisotopic (exact) mass is 289 g/mol. The fourth-order valence-corrected chi connectivity index (χ4v) is 3.30. The molecule has 1 aliphatic rings. The highest BCUT2D eigenvalue weighted by Crippen LogP contribution is 2.33. The molecular formula is C14H18Cl2FN. The van der Waals surface area contributed by atoms with Crippen LogP contribution in [-0.2, 0) is 0 Å². The summed E-state index contributed by atoms with van der Waals surface area (Å²) >= 11 is 12.0. The zero-order chi connectivity index (χ0) is 13.1. The molecule has 1 aromatic carbocycles. The maximum absolute atomic E-state index is 13.1. The molecule has 0 bridgehead atoms. The van der Waals surface area contributed by atoms with Gasteiger partial charge in [0.05, 0.1) is 15.7 Å². The summed E-state index contributed by atoms with van der Waals surface area (Å²) in [7, 11) is 0. The molecule has 0 heterocycles. The molecule has 18 heavy (non-hydrogen) atoms. The minimum atomic E-state index is -0.401. The number of hydrogen-bond donors (Lipinski definition) is 1. The molecule has 2 rings (SSSR count). The summed E-state index contributed by atoms with van der Waals surface area (Å²) in [6.45, 7) is 3.15. The predicted octanol–water partition coefficient (Wildman–Crippen LogP) is 5.37. The number of anilines is 1. The Morgan fingerprint density at radius 2 is 1.94 bits per heavy atom. The third kappa shape index (κ3) is 3.52. The van der Waals surface area contributed by atoms with Crippen LogP contribution in [0.2, 0.25) is 10.0 Å². The average Bonchev–Trinajstić information content (AvgIpc) is 2.27. The number of rotatable bonds is 3. The molecule has 0 saturated heterocycles. The van der Waals surface area contributed by atoms with Crippen molar-refractivity contribution in [3.8, 4) is 0 Å². The van der Waals surface area contributed by atoms with E-state index in [-0.39, 0.29) is 0 Å². The van der Waals surface area contributed by atoms with Crippen molar-refractivity contribution in [2.45, 2.75) is 32.6 Å². The molecule has 100 valence electrons. The summed E-state index contributed by atoms with van der Waals surface area (Å²) in [5, 5.41) is 3.97. The third-order valence-electron chi connectivity index (χ3n) is 3.62. The minimum Gasteiger partial charge on any atom is -0.382 e. The van der Waals surface area contributed by atoms with Crippen LogP contribution in [0, 0.1) is 17.7 Å². The molecule has 2 unspecified atom stereocenters. The minimum absolute atomic E-state index is 0.351. The molecule has 1 nitrogen and oxygen atoms in total. The highest BCUT2D eigenvalue weighted by atomic mass is 35.5. The van der Waals surface area contributed by atoms with Gasteiger partial charge in [0.25, 0.3) is 0 Å². The van der Waals surface area contributed by atoms with Crippen LogP contribution in [0.3, 0.4) is 0 Å². The quantitative estimate of drug-likeness (QED) is 0.789. The van der Waals surface area contributed by atoms with Gasteiger partial charge in [0.2, 0.25) is 0 Å². The van der Waals surface area contributed by atoms with E-state index in [1.807, 2.05) is 0 Å². The van der Waals surface area contributed by atoms with E-state index in [4.69, 9.17) is 23.2 Å². The van der Waals surface area contributed by atoms with Crippen LogP contribution >= 0.6 is 23.2 Å². The van der Waals surface area contributed by atoms with Crippen molar-refractivity contribution >= 4 is 28.9 Å². The molecule has 1 fully saturated rings. The van der Waals surface area contributed by atoms with Crippen LogP contribution in [0.4, 0.5) is 10.1 Å². The van der Waals surface area contributed by atoms with Gasteiger partial charge in [0.1, 0.15) is 5.82 Å². The molecule has 1 aliphatic carbocycles. The standard InChI is InChI=1S/C14H18Cl2FN/c1-9-3-2-4-10(5-9)8-18-14-12(15)6-11(17)7-13(14)16/h6-7,9-10,18H,2-5,8H2,1H3. The number of halogens is 3. The lowest BCUT2D eigenvalue weighted by atomic mass is 9.82. The second kappa shape index (κ2) is 6.12. The van der Waals surface area contributed by atoms with Crippen LogP contribution in [0.1, 0.15) is 32.6 Å². The van der Waals surface area contributed by atoms with Gasteiger partial charge >= 0.3 is 0 Å². The van der Waals surface area contributed by atoms with Crippen LogP contribution < -0.4 is 5.32 Å². The van der Waals surface area contributed by atoms with Crippen LogP contribution in [-0.4, -0.2) is 6.54 Å². The summed E-state index contributed by atoms with van der Waals surface area (Å²) in [5.74, 6) is 1.05. The summed E-state index contributed by atoms with van der Waals surface area (Å²) in [5.41, 5.74) is 0.651. The van der Waals surface area contributed by atoms with Crippen molar-refractivity contribution < 1.29 is 4.39 Å². The Labute approximate surface area is 118 Å². The van der Waals surface area contributed by atoms with E-state index >= 15 is 0 Å². The largest absolute Gasteiger partial charge is 0.382 e. The first-order chi connectivity index (χ1) is 8.56. The van der Waals surface area contributed by atoms with E-state index in [1.54, 1.807) is 0 Å². The van der Waals surface area contributed by atoms with Crippen LogP contribution in [0.25, 0.3) is 0 Å². The molecule has 0 aromatic heterocycles. The van der Waals surface area contributed by atoms with Crippen molar-refractivity contribution in [3.63, 3.8) is 0 Å². The Morgan fingerprint density at radius 3 is 2.56 bits per heavy atom. The van der Waals surface area contributed by atoms with Gasteiger partial charge in [-0.2, -0.15) is 0 Å². The van der Waals surface area contributed by atoms with Gasteiger partial charge in [0.15, 0.2) is 0 Å². The van der Waals surface area contributed by atoms with E-state index < -0.39 is 5.82 Å². The Balaban J connectivity index is 1.97. The Bertz CT molecular complexity index is 399. The van der Waals surface area contributed by atoms with Crippen molar-refractivity contribution in [1.82, 2.24) is 0 Å². The molecule has 0 radical (unpaired) electrons. The van der Waals surface area contributed by atoms with Gasteiger partial charge in [-0.3, -0.25) is 0 Å². The van der Waals surface area contributed by atoms with Gasteiger partial charge in [-0.15, -0.1) is 0 Å². The topological polar surface area (TPSA) is 12.0 Å². The zero-order valence-corrected chi connectivity index (χ0v) is 12.0. The molecule has 1 N–H and O–H groups in total. The average molecular weight is 290 g/mol. The summed E-state index contributed by atoms with van der Waals surface area (Å²) in [6, 6.07) is 2.58. The van der Waals surface area contributed by atoms with Gasteiger partial charge in [0, 0.05) is 6.54 Å². The van der Waals surface area contributed by atoms with E-state index in [1.165, 1.54) is 37.8 Å². The molecule has 1 saturated carbocycles. The summed E-state index contributed by atoms with van der Waals surface area (Å²) < 4.78 is 13.1. The fourth-order valence-electron chi connectivity index (χ4n) is 2.70. The molecular weight excluding hydrogens is 272 g/mol. The van der Waals surface area contributed by atoms with E-state index in [0.29, 0.717) is 21.7 Å². The maximum atomic E-state index is 13.1. The van der Waals surface area contributed by atoms with Gasteiger partial charge < -0.3 is 5.32 Å². The van der Waals surface area contributed by atoms with E-state index in [2.05, 4.69) is 12.2 Å². The Morgan fingerprint density at radius 1 is 1.28 bits per heavy atom. The van der Waals surface area contributed by atoms with Crippen molar-refractivity contribution in [2.24, 2.45) is 11.8 Å². The first-order valence-corrected chi connectivity index (χ1v) is 7.20. The van der Waals surface area contributed by atoms with Crippen molar-refractivity contribution in [2.75, 3.05) is 11.9 Å². The van der Waals surface area contributed by atoms with E-state index in [0.717, 1.165) is 12.5 Å². The molecule has 4 heteroatoms. The highest BCUT2D eigenvalue weighted by molar-refractivity contribution is 6.39. The summed E-state index contributed by atoms with van der Waals surface area (Å²) in [6.07, 6.45) is 5.10. The number of hydrogen-bond acceptors (Lipinski definition) is 1. The van der Waals surface area contributed by atoms with Crippen molar-refractivity contribution in [1.29, 1.82) is 0 Å².